The first-order chi connectivity index (χ1) is 9.90. The molecule has 0 heterocycles. The second kappa shape index (κ2) is 6.47. The minimum Gasteiger partial charge on any atom is -0.457 e. The molecule has 1 fully saturated rings. The van der Waals surface area contributed by atoms with Gasteiger partial charge in [0.15, 0.2) is 0 Å². The molecule has 2 heteroatoms. The van der Waals surface area contributed by atoms with Gasteiger partial charge in [0.25, 0.3) is 0 Å². The van der Waals surface area contributed by atoms with Crippen molar-refractivity contribution in [1.29, 1.82) is 0 Å². The van der Waals surface area contributed by atoms with Gasteiger partial charge < -0.3 is 10.1 Å². The van der Waals surface area contributed by atoms with E-state index in [-0.39, 0.29) is 0 Å². The van der Waals surface area contributed by atoms with Gasteiger partial charge in [-0.15, -0.1) is 0 Å². The minimum absolute atomic E-state index is 0.621. The molecule has 2 aromatic rings. The number of anilines is 1. The molecule has 2 nitrogen and oxygen atoms in total. The summed E-state index contributed by atoms with van der Waals surface area (Å²) in [6.45, 7) is 0. The molecule has 104 valence electrons. The maximum absolute atomic E-state index is 5.87. The molecule has 0 spiro atoms. The predicted octanol–water partition coefficient (Wildman–Crippen LogP) is 5.22. The molecule has 0 aliphatic heterocycles. The summed E-state index contributed by atoms with van der Waals surface area (Å²) in [6, 6.07) is 18.8. The van der Waals surface area contributed by atoms with Crippen molar-refractivity contribution >= 4 is 5.69 Å². The number of hydrogen-bond donors (Lipinski definition) is 1. The number of hydrogen-bond acceptors (Lipinski definition) is 2. The van der Waals surface area contributed by atoms with Gasteiger partial charge in [-0.3, -0.25) is 0 Å². The van der Waals surface area contributed by atoms with Gasteiger partial charge in [-0.25, -0.2) is 0 Å². The third-order valence-corrected chi connectivity index (χ3v) is 3.79. The number of para-hydroxylation sites is 1. The van der Waals surface area contributed by atoms with Crippen LogP contribution in [-0.4, -0.2) is 6.04 Å². The van der Waals surface area contributed by atoms with Crippen LogP contribution in [0.15, 0.2) is 54.6 Å². The molecule has 1 saturated carbocycles. The van der Waals surface area contributed by atoms with E-state index in [4.69, 9.17) is 4.74 Å². The summed E-state index contributed by atoms with van der Waals surface area (Å²) in [5.74, 6) is 1.76. The number of nitrogens with one attached hydrogen (secondary N) is 1. The number of ether oxygens (including phenoxy) is 1. The zero-order valence-electron chi connectivity index (χ0n) is 11.7. The van der Waals surface area contributed by atoms with Crippen molar-refractivity contribution in [2.75, 3.05) is 5.32 Å². The fraction of sp³-hybridized carbons (Fsp3) is 0.333. The summed E-state index contributed by atoms with van der Waals surface area (Å²) in [7, 11) is 0. The van der Waals surface area contributed by atoms with Crippen LogP contribution in [0, 0.1) is 0 Å². The van der Waals surface area contributed by atoms with E-state index in [1.165, 1.54) is 32.1 Å². The molecule has 2 aromatic carbocycles. The number of rotatable bonds is 4. The molecular weight excluding hydrogens is 246 g/mol. The largest absolute Gasteiger partial charge is 0.457 e. The summed E-state index contributed by atoms with van der Waals surface area (Å²) in [5.41, 5.74) is 1.16. The zero-order chi connectivity index (χ0) is 13.6. The van der Waals surface area contributed by atoms with Crippen LogP contribution in [0.3, 0.4) is 0 Å². The highest BCUT2D eigenvalue weighted by Crippen LogP contribution is 2.26. The molecule has 1 N–H and O–H groups in total. The van der Waals surface area contributed by atoms with Crippen molar-refractivity contribution in [1.82, 2.24) is 0 Å². The Hall–Kier alpha value is -1.96. The SMILES string of the molecule is c1ccc(Oc2cccc(NC3CCCCC3)c2)cc1. The van der Waals surface area contributed by atoms with E-state index < -0.39 is 0 Å². The van der Waals surface area contributed by atoms with E-state index in [2.05, 4.69) is 17.4 Å². The van der Waals surface area contributed by atoms with Crippen LogP contribution in [0.5, 0.6) is 11.5 Å². The van der Waals surface area contributed by atoms with Crippen LogP contribution in [0.25, 0.3) is 0 Å². The van der Waals surface area contributed by atoms with E-state index in [1.807, 2.05) is 42.5 Å². The molecule has 0 radical (unpaired) electrons. The average molecular weight is 267 g/mol. The van der Waals surface area contributed by atoms with Crippen LogP contribution in [0.4, 0.5) is 5.69 Å². The lowest BCUT2D eigenvalue weighted by atomic mass is 9.95. The van der Waals surface area contributed by atoms with E-state index in [1.54, 1.807) is 0 Å². The zero-order valence-corrected chi connectivity index (χ0v) is 11.7. The lowest BCUT2D eigenvalue weighted by molar-refractivity contribution is 0.461. The molecule has 0 amide bonds. The van der Waals surface area contributed by atoms with Gasteiger partial charge in [-0.05, 0) is 37.1 Å². The maximum atomic E-state index is 5.87. The van der Waals surface area contributed by atoms with Crippen molar-refractivity contribution in [2.24, 2.45) is 0 Å². The van der Waals surface area contributed by atoms with Gasteiger partial charge in [0.2, 0.25) is 0 Å². The van der Waals surface area contributed by atoms with Crippen molar-refractivity contribution in [2.45, 2.75) is 38.1 Å². The normalized spacial score (nSPS) is 15.8. The minimum atomic E-state index is 0.621. The fourth-order valence-corrected chi connectivity index (χ4v) is 2.76. The molecule has 1 aliphatic carbocycles. The maximum Gasteiger partial charge on any atom is 0.129 e. The van der Waals surface area contributed by atoms with Crippen LogP contribution in [-0.2, 0) is 0 Å². The van der Waals surface area contributed by atoms with Crippen LogP contribution in [0.1, 0.15) is 32.1 Å². The molecule has 20 heavy (non-hydrogen) atoms. The average Bonchev–Trinajstić information content (AvgIpc) is 2.50. The standard InChI is InChI=1S/C18H21NO/c1-3-8-15(9-4-1)19-16-10-7-13-18(14-16)20-17-11-5-2-6-12-17/h2,5-7,10-15,19H,1,3-4,8-9H2. The van der Waals surface area contributed by atoms with Crippen LogP contribution < -0.4 is 10.1 Å². The first-order valence-corrected chi connectivity index (χ1v) is 7.50. The fourth-order valence-electron chi connectivity index (χ4n) is 2.76. The predicted molar refractivity (Wildman–Crippen MR) is 83.5 cm³/mol. The third-order valence-electron chi connectivity index (χ3n) is 3.79. The summed E-state index contributed by atoms with van der Waals surface area (Å²) >= 11 is 0. The summed E-state index contributed by atoms with van der Waals surface area (Å²) in [5, 5.41) is 3.63. The van der Waals surface area contributed by atoms with E-state index >= 15 is 0 Å². The Morgan fingerprint density at radius 3 is 2.35 bits per heavy atom. The Morgan fingerprint density at radius 1 is 0.800 bits per heavy atom. The quantitative estimate of drug-likeness (QED) is 0.819. The van der Waals surface area contributed by atoms with Gasteiger partial charge in [-0.2, -0.15) is 0 Å². The summed E-state index contributed by atoms with van der Waals surface area (Å²) in [4.78, 5) is 0. The highest BCUT2D eigenvalue weighted by atomic mass is 16.5. The second-order valence-corrected chi connectivity index (χ2v) is 5.42. The van der Waals surface area contributed by atoms with Gasteiger partial charge in [0, 0.05) is 17.8 Å². The Morgan fingerprint density at radius 2 is 1.55 bits per heavy atom. The Bertz CT molecular complexity index is 532. The lowest BCUT2D eigenvalue weighted by Crippen LogP contribution is -2.22. The lowest BCUT2D eigenvalue weighted by Gasteiger charge is -2.24. The van der Waals surface area contributed by atoms with Gasteiger partial charge in [0.1, 0.15) is 11.5 Å². The Labute approximate surface area is 120 Å². The molecule has 0 atom stereocenters. The molecule has 0 aromatic heterocycles. The summed E-state index contributed by atoms with van der Waals surface area (Å²) in [6.07, 6.45) is 6.64. The smallest absolute Gasteiger partial charge is 0.129 e. The first kappa shape index (κ1) is 13.0. The van der Waals surface area contributed by atoms with Crippen LogP contribution in [0.2, 0.25) is 0 Å². The molecule has 0 bridgehead atoms. The highest BCUT2D eigenvalue weighted by Gasteiger charge is 2.12. The van der Waals surface area contributed by atoms with Crippen molar-refractivity contribution in [3.05, 3.63) is 54.6 Å². The molecular formula is C18H21NO. The summed E-state index contributed by atoms with van der Waals surface area (Å²) < 4.78 is 5.87. The molecule has 0 saturated heterocycles. The Kier molecular flexibility index (Phi) is 4.22. The Balaban J connectivity index is 1.66. The first-order valence-electron chi connectivity index (χ1n) is 7.50. The van der Waals surface area contributed by atoms with Gasteiger partial charge >= 0.3 is 0 Å². The molecule has 1 aliphatic rings. The van der Waals surface area contributed by atoms with E-state index in [9.17, 15) is 0 Å². The van der Waals surface area contributed by atoms with Crippen molar-refractivity contribution in [3.8, 4) is 11.5 Å². The van der Waals surface area contributed by atoms with Crippen LogP contribution >= 0.6 is 0 Å². The topological polar surface area (TPSA) is 21.3 Å². The number of benzene rings is 2. The molecule has 3 rings (SSSR count). The van der Waals surface area contributed by atoms with E-state index in [0.29, 0.717) is 6.04 Å². The highest BCUT2D eigenvalue weighted by molar-refractivity contribution is 5.49. The van der Waals surface area contributed by atoms with Crippen molar-refractivity contribution < 1.29 is 4.74 Å². The second-order valence-electron chi connectivity index (χ2n) is 5.42. The van der Waals surface area contributed by atoms with E-state index in [0.717, 1.165) is 17.2 Å². The van der Waals surface area contributed by atoms with Gasteiger partial charge in [-0.1, -0.05) is 43.5 Å². The van der Waals surface area contributed by atoms with Gasteiger partial charge in [0.05, 0.1) is 0 Å². The monoisotopic (exact) mass is 267 g/mol. The van der Waals surface area contributed by atoms with Crippen molar-refractivity contribution in [3.63, 3.8) is 0 Å². The molecule has 0 unspecified atom stereocenters. The third kappa shape index (κ3) is 3.53.